The van der Waals surface area contributed by atoms with Crippen LogP contribution in [0.2, 0.25) is 0 Å². The van der Waals surface area contributed by atoms with E-state index in [1.165, 1.54) is 0 Å². The van der Waals surface area contributed by atoms with Gasteiger partial charge in [0.1, 0.15) is 4.99 Å². The summed E-state index contributed by atoms with van der Waals surface area (Å²) >= 11 is 8.44. The van der Waals surface area contributed by atoms with Crippen LogP contribution < -0.4 is 11.1 Å². The molecule has 0 spiro atoms. The molecule has 1 aromatic rings. The fourth-order valence-electron chi connectivity index (χ4n) is 2.30. The number of thiocarbonyl (C=S) groups is 1. The van der Waals surface area contributed by atoms with Gasteiger partial charge in [0.2, 0.25) is 5.91 Å². The number of carbonyl (C=O) groups excluding carboxylic acids is 1. The van der Waals surface area contributed by atoms with Crippen molar-refractivity contribution >= 4 is 44.7 Å². The molecule has 0 radical (unpaired) electrons. The van der Waals surface area contributed by atoms with Crippen LogP contribution in [0.5, 0.6) is 0 Å². The van der Waals surface area contributed by atoms with E-state index >= 15 is 0 Å². The molecular formula is C14H18BrN3OS. The molecule has 1 aliphatic heterocycles. The summed E-state index contributed by atoms with van der Waals surface area (Å²) in [5, 5.41) is 3.24. The number of likely N-dealkylation sites (tertiary alicyclic amines) is 1. The van der Waals surface area contributed by atoms with Gasteiger partial charge in [0.25, 0.3) is 0 Å². The van der Waals surface area contributed by atoms with Gasteiger partial charge in [0.15, 0.2) is 0 Å². The molecule has 1 amide bonds. The normalized spacial score (nSPS) is 14.3. The number of nitrogens with one attached hydrogen (secondary N) is 1. The number of hydrogen-bond acceptors (Lipinski definition) is 3. The van der Waals surface area contributed by atoms with Crippen molar-refractivity contribution in [2.75, 3.05) is 25.0 Å². The van der Waals surface area contributed by atoms with Crippen LogP contribution in [0, 0.1) is 0 Å². The third kappa shape index (κ3) is 3.93. The van der Waals surface area contributed by atoms with Gasteiger partial charge in [-0.05, 0) is 31.0 Å². The molecule has 1 aromatic carbocycles. The first kappa shape index (κ1) is 15.3. The molecule has 20 heavy (non-hydrogen) atoms. The number of nitrogens with two attached hydrogens (primary N) is 1. The monoisotopic (exact) mass is 355 g/mol. The first-order valence-electron chi connectivity index (χ1n) is 6.69. The maximum Gasteiger partial charge on any atom is 0.224 e. The van der Waals surface area contributed by atoms with Crippen molar-refractivity contribution in [3.05, 3.63) is 28.2 Å². The zero-order chi connectivity index (χ0) is 14.5. The lowest BCUT2D eigenvalue weighted by molar-refractivity contribution is -0.129. The van der Waals surface area contributed by atoms with Crippen molar-refractivity contribution in [1.82, 2.24) is 4.90 Å². The molecule has 1 heterocycles. The van der Waals surface area contributed by atoms with Crippen LogP contribution in [-0.2, 0) is 4.79 Å². The topological polar surface area (TPSA) is 58.4 Å². The summed E-state index contributed by atoms with van der Waals surface area (Å²) in [4.78, 5) is 14.2. The van der Waals surface area contributed by atoms with E-state index in [-0.39, 0.29) is 5.91 Å². The van der Waals surface area contributed by atoms with E-state index < -0.39 is 0 Å². The van der Waals surface area contributed by atoms with Crippen LogP contribution in [0.3, 0.4) is 0 Å². The number of nitrogens with zero attached hydrogens (tertiary/aromatic N) is 1. The van der Waals surface area contributed by atoms with Gasteiger partial charge < -0.3 is 16.0 Å². The molecule has 1 fully saturated rings. The molecule has 0 saturated carbocycles. The third-order valence-electron chi connectivity index (χ3n) is 3.36. The Labute approximate surface area is 132 Å². The van der Waals surface area contributed by atoms with E-state index in [1.807, 2.05) is 23.1 Å². The Hall–Kier alpha value is -1.14. The molecule has 1 aliphatic rings. The molecule has 2 rings (SSSR count). The molecule has 0 bridgehead atoms. The lowest BCUT2D eigenvalue weighted by Gasteiger charge is -2.16. The first-order valence-corrected chi connectivity index (χ1v) is 7.89. The van der Waals surface area contributed by atoms with Crippen molar-refractivity contribution in [2.24, 2.45) is 5.73 Å². The minimum Gasteiger partial charge on any atom is -0.389 e. The number of carbonyl (C=O) groups is 1. The summed E-state index contributed by atoms with van der Waals surface area (Å²) in [5.74, 6) is 0.212. The van der Waals surface area contributed by atoms with Crippen LogP contribution in [0.1, 0.15) is 24.8 Å². The van der Waals surface area contributed by atoms with Crippen molar-refractivity contribution in [2.45, 2.75) is 19.3 Å². The van der Waals surface area contributed by atoms with E-state index in [9.17, 15) is 4.79 Å². The highest BCUT2D eigenvalue weighted by Gasteiger charge is 2.17. The Morgan fingerprint density at radius 2 is 2.10 bits per heavy atom. The highest BCUT2D eigenvalue weighted by atomic mass is 79.9. The smallest absolute Gasteiger partial charge is 0.224 e. The standard InChI is InChI=1S/C14H18BrN3OS/c15-10-3-4-12(11(9-10)14(16)20)17-6-5-13(19)18-7-1-2-8-18/h3-4,9,17H,1-2,5-8H2,(H2,16,20). The Kier molecular flexibility index (Phi) is 5.37. The Balaban J connectivity index is 1.90. The molecule has 0 unspecified atom stereocenters. The maximum absolute atomic E-state index is 11.9. The summed E-state index contributed by atoms with van der Waals surface area (Å²) in [6.45, 7) is 2.39. The molecule has 6 heteroatoms. The zero-order valence-electron chi connectivity index (χ0n) is 11.2. The van der Waals surface area contributed by atoms with E-state index in [2.05, 4.69) is 21.2 Å². The van der Waals surface area contributed by atoms with Gasteiger partial charge in [0, 0.05) is 41.8 Å². The number of halogens is 1. The van der Waals surface area contributed by atoms with Gasteiger partial charge in [0.05, 0.1) is 0 Å². The number of amides is 1. The van der Waals surface area contributed by atoms with Crippen molar-refractivity contribution in [3.63, 3.8) is 0 Å². The fraction of sp³-hybridized carbons (Fsp3) is 0.429. The fourth-order valence-corrected chi connectivity index (χ4v) is 2.83. The predicted octanol–water partition coefficient (Wildman–Crippen LogP) is 2.51. The molecule has 0 atom stereocenters. The molecule has 0 aliphatic carbocycles. The number of benzene rings is 1. The van der Waals surface area contributed by atoms with Crippen LogP contribution in [0.25, 0.3) is 0 Å². The highest BCUT2D eigenvalue weighted by Crippen LogP contribution is 2.21. The number of hydrogen-bond donors (Lipinski definition) is 2. The van der Waals surface area contributed by atoms with Gasteiger partial charge in [-0.2, -0.15) is 0 Å². The highest BCUT2D eigenvalue weighted by molar-refractivity contribution is 9.10. The third-order valence-corrected chi connectivity index (χ3v) is 4.07. The molecule has 0 aromatic heterocycles. The molecular weight excluding hydrogens is 338 g/mol. The van der Waals surface area contributed by atoms with Crippen LogP contribution >= 0.6 is 28.1 Å². The van der Waals surface area contributed by atoms with Gasteiger partial charge in [-0.25, -0.2) is 0 Å². The predicted molar refractivity (Wildman–Crippen MR) is 89.0 cm³/mol. The molecule has 3 N–H and O–H groups in total. The second-order valence-electron chi connectivity index (χ2n) is 4.82. The maximum atomic E-state index is 11.9. The summed E-state index contributed by atoms with van der Waals surface area (Å²) < 4.78 is 0.930. The van der Waals surface area contributed by atoms with Crippen LogP contribution in [0.15, 0.2) is 22.7 Å². The lowest BCUT2D eigenvalue weighted by Crippen LogP contribution is -2.29. The van der Waals surface area contributed by atoms with Gasteiger partial charge in [-0.1, -0.05) is 28.1 Å². The largest absolute Gasteiger partial charge is 0.389 e. The van der Waals surface area contributed by atoms with Crippen molar-refractivity contribution in [3.8, 4) is 0 Å². The summed E-state index contributed by atoms with van der Waals surface area (Å²) in [6.07, 6.45) is 2.74. The summed E-state index contributed by atoms with van der Waals surface area (Å²) in [6, 6.07) is 5.72. The van der Waals surface area contributed by atoms with Crippen LogP contribution in [0.4, 0.5) is 5.69 Å². The van der Waals surface area contributed by atoms with E-state index in [0.717, 1.165) is 41.7 Å². The SMILES string of the molecule is NC(=S)c1cc(Br)ccc1NCCC(=O)N1CCCC1. The second kappa shape index (κ2) is 7.04. The van der Waals surface area contributed by atoms with Crippen molar-refractivity contribution in [1.29, 1.82) is 0 Å². The molecule has 108 valence electrons. The quantitative estimate of drug-likeness (QED) is 0.796. The van der Waals surface area contributed by atoms with E-state index in [1.54, 1.807) is 0 Å². The Morgan fingerprint density at radius 3 is 2.75 bits per heavy atom. The molecule has 1 saturated heterocycles. The van der Waals surface area contributed by atoms with Gasteiger partial charge in [-0.3, -0.25) is 4.79 Å². The summed E-state index contributed by atoms with van der Waals surface area (Å²) in [5.41, 5.74) is 7.37. The van der Waals surface area contributed by atoms with Gasteiger partial charge in [-0.15, -0.1) is 0 Å². The van der Waals surface area contributed by atoms with Crippen molar-refractivity contribution < 1.29 is 4.79 Å². The Morgan fingerprint density at radius 1 is 1.40 bits per heavy atom. The lowest BCUT2D eigenvalue weighted by atomic mass is 10.1. The minimum absolute atomic E-state index is 0.212. The van der Waals surface area contributed by atoms with Gasteiger partial charge >= 0.3 is 0 Å². The molecule has 4 nitrogen and oxygen atoms in total. The summed E-state index contributed by atoms with van der Waals surface area (Å²) in [7, 11) is 0. The van der Waals surface area contributed by atoms with Crippen LogP contribution in [-0.4, -0.2) is 35.4 Å². The second-order valence-corrected chi connectivity index (χ2v) is 6.17. The Bertz CT molecular complexity index is 515. The number of rotatable bonds is 5. The van der Waals surface area contributed by atoms with E-state index in [4.69, 9.17) is 18.0 Å². The average molecular weight is 356 g/mol. The van der Waals surface area contributed by atoms with E-state index in [0.29, 0.717) is 18.0 Å². The first-order chi connectivity index (χ1) is 9.58. The minimum atomic E-state index is 0.212. The zero-order valence-corrected chi connectivity index (χ0v) is 13.6. The number of anilines is 1. The average Bonchev–Trinajstić information content (AvgIpc) is 2.94.